The molecule has 1 N–H and O–H groups in total. The number of β-lactam (4-membered cyclic amide) rings is 1. The van der Waals surface area contributed by atoms with Gasteiger partial charge in [-0.1, -0.05) is 17.3 Å². The van der Waals surface area contributed by atoms with Gasteiger partial charge in [0.25, 0.3) is 5.91 Å². The highest BCUT2D eigenvalue weighted by Gasteiger charge is 2.54. The van der Waals surface area contributed by atoms with Crippen molar-refractivity contribution in [1.29, 1.82) is 0 Å². The molecule has 2 aliphatic rings. The van der Waals surface area contributed by atoms with Crippen molar-refractivity contribution in [3.8, 4) is 0 Å². The van der Waals surface area contributed by atoms with Gasteiger partial charge in [0.15, 0.2) is 0 Å². The van der Waals surface area contributed by atoms with Gasteiger partial charge in [0.05, 0.1) is 30.4 Å². The van der Waals surface area contributed by atoms with Gasteiger partial charge < -0.3 is 14.8 Å². The first-order valence-electron chi connectivity index (χ1n) is 13.4. The molecule has 1 fully saturated rings. The molecule has 5 rings (SSSR count). The van der Waals surface area contributed by atoms with Crippen LogP contribution in [0, 0.1) is 0 Å². The van der Waals surface area contributed by atoms with Crippen LogP contribution in [0.25, 0.3) is 0 Å². The van der Waals surface area contributed by atoms with E-state index in [9.17, 15) is 19.2 Å². The molecule has 0 aromatic carbocycles. The Labute approximate surface area is 251 Å². The molecule has 0 bridgehead atoms. The number of nitrogens with one attached hydrogen (secondary N) is 1. The summed E-state index contributed by atoms with van der Waals surface area (Å²) in [6.45, 7) is 2.56. The van der Waals surface area contributed by atoms with Crippen LogP contribution in [0.4, 0.5) is 0 Å². The number of fused-ring (bicyclic) bond motifs is 1. The van der Waals surface area contributed by atoms with E-state index in [0.29, 0.717) is 36.7 Å². The van der Waals surface area contributed by atoms with E-state index in [2.05, 4.69) is 30.5 Å². The van der Waals surface area contributed by atoms with Gasteiger partial charge in [0, 0.05) is 50.3 Å². The van der Waals surface area contributed by atoms with Gasteiger partial charge in [-0.05, 0) is 24.3 Å². The van der Waals surface area contributed by atoms with E-state index < -0.39 is 35.2 Å². The molecule has 224 valence electrons. The zero-order chi connectivity index (χ0) is 30.3. The number of nitrogens with zero attached hydrogens (tertiary/aromatic N) is 7. The fourth-order valence-corrected chi connectivity index (χ4v) is 6.09. The first-order chi connectivity index (χ1) is 20.8. The number of amides is 2. The molecule has 0 unspecified atom stereocenters. The summed E-state index contributed by atoms with van der Waals surface area (Å²) >= 11 is 1.36. The number of thioether (sulfide) groups is 1. The van der Waals surface area contributed by atoms with Crippen LogP contribution in [0.2, 0.25) is 0 Å². The summed E-state index contributed by atoms with van der Waals surface area (Å²) in [6, 6.07) is 10.7. The molecule has 5 heterocycles. The van der Waals surface area contributed by atoms with Crippen LogP contribution in [0.1, 0.15) is 24.0 Å². The highest BCUT2D eigenvalue weighted by atomic mass is 32.2. The molecule has 15 heteroatoms. The Morgan fingerprint density at radius 1 is 1.05 bits per heavy atom. The number of aromatic nitrogens is 5. The lowest BCUT2D eigenvalue weighted by Gasteiger charge is -2.49. The lowest BCUT2D eigenvalue weighted by Crippen LogP contribution is -2.70. The Bertz CT molecular complexity index is 1470. The second-order valence-electron chi connectivity index (χ2n) is 9.87. The molecule has 0 saturated carbocycles. The van der Waals surface area contributed by atoms with E-state index in [1.54, 1.807) is 18.6 Å². The maximum atomic E-state index is 13.0. The average Bonchev–Trinajstić information content (AvgIpc) is 3.44. The number of ether oxygens (including phenoxy) is 2. The van der Waals surface area contributed by atoms with E-state index in [-0.39, 0.29) is 18.8 Å². The van der Waals surface area contributed by atoms with Crippen molar-refractivity contribution in [1.82, 2.24) is 40.1 Å². The molecule has 3 aromatic rings. The lowest BCUT2D eigenvalue weighted by atomic mass is 10.0. The summed E-state index contributed by atoms with van der Waals surface area (Å²) in [7, 11) is 1.21. The van der Waals surface area contributed by atoms with Crippen LogP contribution in [-0.4, -0.2) is 89.4 Å². The molecule has 2 amide bonds. The molecule has 2 aliphatic heterocycles. The van der Waals surface area contributed by atoms with Crippen molar-refractivity contribution < 1.29 is 28.7 Å². The average molecular weight is 607 g/mol. The maximum Gasteiger partial charge on any atom is 0.354 e. The van der Waals surface area contributed by atoms with Crippen molar-refractivity contribution in [2.75, 3.05) is 19.5 Å². The zero-order valence-electron chi connectivity index (χ0n) is 23.6. The standard InChI is InChI=1S/C28H30N8O6S/c1-18(37)42-16-19-17-43-27-24(26(39)36(27)25(19)28(40)41-2)31-23(38)15-35-14-22(32-33-35)13-34(11-20-7-3-5-9-29-20)12-21-8-4-6-10-30-21/h3-10,14,24,27H,11-13,15-17H2,1-2H3,(H,31,38)/t24-,27+/m1/s1. The Morgan fingerprint density at radius 3 is 2.33 bits per heavy atom. The SMILES string of the molecule is COC(=O)C1=C(COC(C)=O)CS[C@H]2[C@H](NC(=O)Cn3cc(CN(Cc4ccccn4)Cc4ccccn4)nn3)C(=O)N12. The smallest absolute Gasteiger partial charge is 0.354 e. The van der Waals surface area contributed by atoms with Crippen LogP contribution in [0.3, 0.4) is 0 Å². The van der Waals surface area contributed by atoms with Crippen LogP contribution >= 0.6 is 11.8 Å². The molecule has 3 aromatic heterocycles. The van der Waals surface area contributed by atoms with Crippen LogP contribution < -0.4 is 5.32 Å². The minimum atomic E-state index is -0.831. The van der Waals surface area contributed by atoms with Gasteiger partial charge in [-0.3, -0.25) is 34.2 Å². The first kappa shape index (κ1) is 29.8. The van der Waals surface area contributed by atoms with E-state index in [0.717, 1.165) is 11.4 Å². The highest BCUT2D eigenvalue weighted by molar-refractivity contribution is 8.00. The first-order valence-corrected chi connectivity index (χ1v) is 14.5. The van der Waals surface area contributed by atoms with Crippen LogP contribution in [-0.2, 0) is 54.8 Å². The molecule has 14 nitrogen and oxygen atoms in total. The monoisotopic (exact) mass is 606 g/mol. The molecular weight excluding hydrogens is 576 g/mol. The third-order valence-corrected chi connectivity index (χ3v) is 8.03. The second kappa shape index (κ2) is 13.6. The van der Waals surface area contributed by atoms with E-state index in [1.807, 2.05) is 36.4 Å². The van der Waals surface area contributed by atoms with Crippen molar-refractivity contribution in [3.05, 3.63) is 83.3 Å². The molecule has 0 radical (unpaired) electrons. The fraction of sp³-hybridized carbons (Fsp3) is 0.357. The third-order valence-electron chi connectivity index (χ3n) is 6.69. The topological polar surface area (TPSA) is 162 Å². The maximum absolute atomic E-state index is 13.0. The summed E-state index contributed by atoms with van der Waals surface area (Å²) in [4.78, 5) is 61.9. The highest BCUT2D eigenvalue weighted by Crippen LogP contribution is 2.40. The van der Waals surface area contributed by atoms with Gasteiger partial charge in [-0.25, -0.2) is 9.48 Å². The number of carbonyl (C=O) groups is 4. The molecule has 0 spiro atoms. The van der Waals surface area contributed by atoms with Crippen molar-refractivity contribution in [2.45, 2.75) is 44.5 Å². The zero-order valence-corrected chi connectivity index (χ0v) is 24.4. The summed E-state index contributed by atoms with van der Waals surface area (Å²) < 4.78 is 11.3. The minimum absolute atomic E-state index is 0.0462. The van der Waals surface area contributed by atoms with Gasteiger partial charge in [0.2, 0.25) is 5.91 Å². The van der Waals surface area contributed by atoms with Gasteiger partial charge in [-0.15, -0.1) is 16.9 Å². The Kier molecular flexibility index (Phi) is 9.41. The van der Waals surface area contributed by atoms with E-state index in [4.69, 9.17) is 9.47 Å². The Hall–Kier alpha value is -4.63. The summed E-state index contributed by atoms with van der Waals surface area (Å²) in [5.74, 6) is -1.76. The molecule has 1 saturated heterocycles. The predicted octanol–water partition coefficient (Wildman–Crippen LogP) is 0.661. The summed E-state index contributed by atoms with van der Waals surface area (Å²) in [5.41, 5.74) is 2.96. The Balaban J connectivity index is 1.20. The number of pyridine rings is 2. The van der Waals surface area contributed by atoms with E-state index >= 15 is 0 Å². The van der Waals surface area contributed by atoms with Crippen molar-refractivity contribution in [2.24, 2.45) is 0 Å². The number of hydrogen-bond donors (Lipinski definition) is 1. The number of carbonyl (C=O) groups excluding carboxylic acids is 4. The Morgan fingerprint density at radius 2 is 1.72 bits per heavy atom. The van der Waals surface area contributed by atoms with Crippen molar-refractivity contribution >= 4 is 35.5 Å². The number of methoxy groups -OCH3 is 1. The van der Waals surface area contributed by atoms with Gasteiger partial charge in [-0.2, -0.15) is 0 Å². The second-order valence-corrected chi connectivity index (χ2v) is 11.0. The third kappa shape index (κ3) is 7.24. The molecule has 43 heavy (non-hydrogen) atoms. The molecular formula is C28H30N8O6S. The lowest BCUT2D eigenvalue weighted by molar-refractivity contribution is -0.152. The van der Waals surface area contributed by atoms with Crippen LogP contribution in [0.15, 0.2) is 66.3 Å². The number of rotatable bonds is 12. The number of esters is 2. The van der Waals surface area contributed by atoms with Gasteiger partial charge >= 0.3 is 11.9 Å². The van der Waals surface area contributed by atoms with E-state index in [1.165, 1.54) is 35.4 Å². The van der Waals surface area contributed by atoms with Crippen molar-refractivity contribution in [3.63, 3.8) is 0 Å². The molecule has 0 aliphatic carbocycles. The number of hydrogen-bond acceptors (Lipinski definition) is 12. The normalized spacial score (nSPS) is 17.7. The summed E-state index contributed by atoms with van der Waals surface area (Å²) in [5, 5.41) is 10.6. The van der Waals surface area contributed by atoms with Gasteiger partial charge in [0.1, 0.15) is 30.3 Å². The minimum Gasteiger partial charge on any atom is -0.464 e. The van der Waals surface area contributed by atoms with Crippen LogP contribution in [0.5, 0.6) is 0 Å². The predicted molar refractivity (Wildman–Crippen MR) is 152 cm³/mol. The largest absolute Gasteiger partial charge is 0.464 e. The quantitative estimate of drug-likeness (QED) is 0.227. The molecule has 2 atom stereocenters. The summed E-state index contributed by atoms with van der Waals surface area (Å²) in [6.07, 6.45) is 5.18. The fourth-order valence-electron chi connectivity index (χ4n) is 4.76.